The van der Waals surface area contributed by atoms with Crippen molar-refractivity contribution in [3.8, 4) is 5.75 Å². The Kier molecular flexibility index (Phi) is 14.5. The molecule has 2 rings (SSSR count). The molecule has 1 heterocycles. The van der Waals surface area contributed by atoms with E-state index in [2.05, 4.69) is 6.92 Å². The molecule has 0 aliphatic rings. The number of rotatable bonds is 19. The van der Waals surface area contributed by atoms with Crippen molar-refractivity contribution in [1.29, 1.82) is 0 Å². The van der Waals surface area contributed by atoms with Gasteiger partial charge in [-0.05, 0) is 62.1 Å². The van der Waals surface area contributed by atoms with Crippen LogP contribution in [0.4, 0.5) is 0 Å². The van der Waals surface area contributed by atoms with Crippen molar-refractivity contribution in [2.75, 3.05) is 0 Å². The first kappa shape index (κ1) is 31.5. The fourth-order valence-electron chi connectivity index (χ4n) is 4.60. The van der Waals surface area contributed by atoms with Crippen LogP contribution in [0.1, 0.15) is 113 Å². The smallest absolute Gasteiger partial charge is 0.314 e. The summed E-state index contributed by atoms with van der Waals surface area (Å²) >= 11 is 1.67. The van der Waals surface area contributed by atoms with Gasteiger partial charge in [0.15, 0.2) is 0 Å². The predicted molar refractivity (Wildman–Crippen MR) is 153 cm³/mol. The number of aryl methyl sites for hydroxylation is 2. The van der Waals surface area contributed by atoms with Crippen LogP contribution < -0.4 is 4.74 Å². The normalized spacial score (nSPS) is 12.5. The maximum Gasteiger partial charge on any atom is 0.314 e. The number of thiophene rings is 1. The maximum atomic E-state index is 12.6. The van der Waals surface area contributed by atoms with Crippen molar-refractivity contribution in [2.24, 2.45) is 5.92 Å². The quantitative estimate of drug-likeness (QED) is 0.0818. The first-order chi connectivity index (χ1) is 17.7. The Hall–Kier alpha value is -1.70. The highest BCUT2D eigenvalue weighted by Crippen LogP contribution is 2.26. The third-order valence-corrected chi connectivity index (χ3v) is 8.76. The molecule has 0 spiro atoms. The average Bonchev–Trinajstić information content (AvgIpc) is 3.25. The second-order valence-electron chi connectivity index (χ2n) is 10.3. The SMILES string of the molecule is CCCCCCCCCCCCCCCc1cc(OC(=O)C(C)Cc2ccc(C)s2)ccc1S(=O)(=O)O. The molecule has 0 fully saturated rings. The Balaban J connectivity index is 1.76. The number of esters is 1. The molecule has 0 aliphatic heterocycles. The van der Waals surface area contributed by atoms with Crippen molar-refractivity contribution in [3.63, 3.8) is 0 Å². The highest BCUT2D eigenvalue weighted by molar-refractivity contribution is 7.85. The molecular weight excluding hydrogens is 504 g/mol. The van der Waals surface area contributed by atoms with Gasteiger partial charge in [-0.3, -0.25) is 9.35 Å². The van der Waals surface area contributed by atoms with Crippen LogP contribution in [0.15, 0.2) is 35.2 Å². The van der Waals surface area contributed by atoms with Crippen molar-refractivity contribution >= 4 is 27.4 Å². The molecule has 1 unspecified atom stereocenters. The molecule has 0 amide bonds. The Morgan fingerprint density at radius 1 is 0.892 bits per heavy atom. The van der Waals surface area contributed by atoms with Gasteiger partial charge in [-0.2, -0.15) is 8.42 Å². The largest absolute Gasteiger partial charge is 0.426 e. The highest BCUT2D eigenvalue weighted by Gasteiger charge is 2.20. The lowest BCUT2D eigenvalue weighted by Gasteiger charge is -2.13. The van der Waals surface area contributed by atoms with Gasteiger partial charge in [0.1, 0.15) is 5.75 Å². The van der Waals surface area contributed by atoms with E-state index in [1.807, 2.05) is 26.0 Å². The lowest BCUT2D eigenvalue weighted by molar-refractivity contribution is -0.138. The van der Waals surface area contributed by atoms with Crippen LogP contribution in [0.25, 0.3) is 0 Å². The summed E-state index contributed by atoms with van der Waals surface area (Å²) in [6, 6.07) is 8.43. The molecule has 0 saturated heterocycles. The van der Waals surface area contributed by atoms with Gasteiger partial charge in [0.2, 0.25) is 0 Å². The number of unbranched alkanes of at least 4 members (excludes halogenated alkanes) is 12. The van der Waals surface area contributed by atoms with Gasteiger partial charge in [-0.1, -0.05) is 90.9 Å². The zero-order valence-electron chi connectivity index (χ0n) is 23.0. The van der Waals surface area contributed by atoms with Crippen molar-refractivity contribution in [3.05, 3.63) is 45.6 Å². The molecular formula is C30H46O5S2. The number of ether oxygens (including phenoxy) is 1. The van der Waals surface area contributed by atoms with E-state index in [4.69, 9.17) is 4.74 Å². The average molecular weight is 551 g/mol. The van der Waals surface area contributed by atoms with E-state index in [0.29, 0.717) is 24.2 Å². The molecule has 208 valence electrons. The van der Waals surface area contributed by atoms with E-state index in [1.54, 1.807) is 17.4 Å². The summed E-state index contributed by atoms with van der Waals surface area (Å²) in [5.41, 5.74) is 0.498. The molecule has 1 aromatic heterocycles. The number of benzene rings is 1. The molecule has 0 aliphatic carbocycles. The standard InChI is InChI=1S/C30H46O5S2/c1-4-5-6-7-8-9-10-11-12-13-14-15-16-17-26-23-27(19-21-29(26)37(32,33)34)35-30(31)24(2)22-28-20-18-25(3)36-28/h18-21,23-24H,4-17,22H2,1-3H3,(H,32,33,34). The van der Waals surface area contributed by atoms with E-state index in [-0.39, 0.29) is 16.8 Å². The van der Waals surface area contributed by atoms with Gasteiger partial charge in [0, 0.05) is 9.75 Å². The van der Waals surface area contributed by atoms with Crippen molar-refractivity contribution in [2.45, 2.75) is 122 Å². The van der Waals surface area contributed by atoms with Gasteiger partial charge in [0.05, 0.1) is 10.8 Å². The summed E-state index contributed by atoms with van der Waals surface area (Å²) in [4.78, 5) is 14.8. The monoisotopic (exact) mass is 550 g/mol. The predicted octanol–water partition coefficient (Wildman–Crippen LogP) is 8.72. The summed E-state index contributed by atoms with van der Waals surface area (Å²) in [6.07, 6.45) is 17.2. The maximum absolute atomic E-state index is 12.6. The third kappa shape index (κ3) is 12.6. The zero-order valence-corrected chi connectivity index (χ0v) is 24.6. The second-order valence-corrected chi connectivity index (χ2v) is 13.0. The Labute approximate surface area is 228 Å². The number of hydrogen-bond acceptors (Lipinski definition) is 5. The minimum Gasteiger partial charge on any atom is -0.426 e. The summed E-state index contributed by atoms with van der Waals surface area (Å²) in [6.45, 7) is 6.11. The van der Waals surface area contributed by atoms with E-state index in [9.17, 15) is 17.8 Å². The second kappa shape index (κ2) is 17.0. The Morgan fingerprint density at radius 2 is 1.46 bits per heavy atom. The van der Waals surface area contributed by atoms with Crippen LogP contribution in [0, 0.1) is 12.8 Å². The lowest BCUT2D eigenvalue weighted by Crippen LogP contribution is -2.19. The molecule has 5 nitrogen and oxygen atoms in total. The molecule has 37 heavy (non-hydrogen) atoms. The van der Waals surface area contributed by atoms with Crippen molar-refractivity contribution < 1.29 is 22.5 Å². The lowest BCUT2D eigenvalue weighted by atomic mass is 10.0. The van der Waals surface area contributed by atoms with Crippen molar-refractivity contribution in [1.82, 2.24) is 0 Å². The van der Waals surface area contributed by atoms with Gasteiger partial charge in [-0.15, -0.1) is 11.3 Å². The molecule has 0 saturated carbocycles. The first-order valence-corrected chi connectivity index (χ1v) is 16.3. The number of carbonyl (C=O) groups excluding carboxylic acids is 1. The third-order valence-electron chi connectivity index (χ3n) is 6.78. The number of hydrogen-bond donors (Lipinski definition) is 1. The minimum atomic E-state index is -4.34. The minimum absolute atomic E-state index is 0.103. The van der Waals surface area contributed by atoms with Gasteiger partial charge in [-0.25, -0.2) is 0 Å². The van der Waals surface area contributed by atoms with E-state index in [0.717, 1.165) is 24.1 Å². The summed E-state index contributed by atoms with van der Waals surface area (Å²) in [7, 11) is -4.34. The molecule has 1 N–H and O–H groups in total. The van der Waals surface area contributed by atoms with E-state index in [1.165, 1.54) is 81.2 Å². The van der Waals surface area contributed by atoms with Crippen LogP contribution in [-0.4, -0.2) is 18.9 Å². The van der Waals surface area contributed by atoms with Gasteiger partial charge < -0.3 is 4.74 Å². The number of carbonyl (C=O) groups is 1. The Morgan fingerprint density at radius 3 is 1.97 bits per heavy atom. The first-order valence-electron chi connectivity index (χ1n) is 14.1. The summed E-state index contributed by atoms with van der Waals surface area (Å²) in [5.74, 6) is -0.349. The summed E-state index contributed by atoms with van der Waals surface area (Å²) < 4.78 is 39.0. The van der Waals surface area contributed by atoms with Crippen LogP contribution in [0.3, 0.4) is 0 Å². The van der Waals surface area contributed by atoms with Gasteiger partial charge in [0.25, 0.3) is 10.1 Å². The summed E-state index contributed by atoms with van der Waals surface area (Å²) in [5, 5.41) is 0. The molecule has 7 heteroatoms. The fourth-order valence-corrected chi connectivity index (χ4v) is 6.35. The van der Waals surface area contributed by atoms with E-state index < -0.39 is 10.1 Å². The van der Waals surface area contributed by atoms with Crippen LogP contribution in [-0.2, 0) is 27.8 Å². The molecule has 2 aromatic rings. The molecule has 1 aromatic carbocycles. The van der Waals surface area contributed by atoms with E-state index >= 15 is 0 Å². The van der Waals surface area contributed by atoms with Crippen LogP contribution in [0.5, 0.6) is 5.75 Å². The van der Waals surface area contributed by atoms with Gasteiger partial charge >= 0.3 is 5.97 Å². The zero-order chi connectivity index (χ0) is 27.1. The topological polar surface area (TPSA) is 80.7 Å². The highest BCUT2D eigenvalue weighted by atomic mass is 32.2. The Bertz CT molecular complexity index is 1040. The molecule has 1 atom stereocenters. The molecule has 0 radical (unpaired) electrons. The molecule has 0 bridgehead atoms. The fraction of sp³-hybridized carbons (Fsp3) is 0.633. The van der Waals surface area contributed by atoms with Crippen LogP contribution in [0.2, 0.25) is 0 Å². The van der Waals surface area contributed by atoms with Crippen LogP contribution >= 0.6 is 11.3 Å².